The van der Waals surface area contributed by atoms with E-state index in [-0.39, 0.29) is 17.0 Å². The second-order valence-corrected chi connectivity index (χ2v) is 9.80. The monoisotopic (exact) mass is 612 g/mol. The average molecular weight is 614 g/mol. The van der Waals surface area contributed by atoms with E-state index in [2.05, 4.69) is 23.2 Å². The van der Waals surface area contributed by atoms with E-state index in [1.165, 1.54) is 12.1 Å². The van der Waals surface area contributed by atoms with Crippen molar-refractivity contribution >= 4 is 60.4 Å². The number of carbonyl (C=O) groups excluding carboxylic acids is 3. The first-order valence-electron chi connectivity index (χ1n) is 9.60. The maximum absolute atomic E-state index is 12.5. The van der Waals surface area contributed by atoms with Gasteiger partial charge in [0.2, 0.25) is 15.7 Å². The van der Waals surface area contributed by atoms with Crippen LogP contribution in [0.5, 0.6) is 0 Å². The molecule has 2 aromatic carbocycles. The summed E-state index contributed by atoms with van der Waals surface area (Å²) in [6, 6.07) is 16.0. The quantitative estimate of drug-likeness (QED) is 0.192. The Morgan fingerprint density at radius 1 is 0.811 bits per heavy atom. The van der Waals surface area contributed by atoms with E-state index in [1.54, 1.807) is 48.5 Å². The van der Waals surface area contributed by atoms with E-state index in [1.807, 2.05) is 0 Å². The number of hydrogen-bond acceptors (Lipinski definition) is 5. The summed E-state index contributed by atoms with van der Waals surface area (Å²) >= 11 is 14.7. The summed E-state index contributed by atoms with van der Waals surface area (Å²) in [6.07, 6.45) is -10.5. The minimum absolute atomic E-state index is 0.0813. The van der Waals surface area contributed by atoms with E-state index in [0.717, 1.165) is 0 Å². The molecule has 0 fully saturated rings. The fraction of sp³-hybridized carbons (Fsp3) is 0.227. The molecule has 0 saturated carbocycles. The number of carbonyl (C=O) groups is 3. The highest BCUT2D eigenvalue weighted by Crippen LogP contribution is 2.30. The van der Waals surface area contributed by atoms with Crippen molar-refractivity contribution in [3.63, 3.8) is 0 Å². The molecule has 0 aromatic heterocycles. The molecule has 0 N–H and O–H groups in total. The lowest BCUT2D eigenvalue weighted by atomic mass is 10.2. The summed E-state index contributed by atoms with van der Waals surface area (Å²) < 4.78 is 91.9. The number of hydrogen-bond donors (Lipinski definition) is 0. The Balaban J connectivity index is 0.000000606. The molecule has 0 heterocycles. The molecule has 1 atom stereocenters. The molecule has 0 saturated heterocycles. The van der Waals surface area contributed by atoms with Crippen LogP contribution in [0.1, 0.15) is 23.7 Å². The first-order valence-corrected chi connectivity index (χ1v) is 12.3. The minimum atomic E-state index is -4.45. The molecule has 37 heavy (non-hydrogen) atoms. The zero-order valence-corrected chi connectivity index (χ0v) is 21.4. The molecule has 0 spiro atoms. The van der Waals surface area contributed by atoms with Crippen LogP contribution >= 0.6 is 34.8 Å². The molecule has 1 unspecified atom stereocenters. The highest BCUT2D eigenvalue weighted by molar-refractivity contribution is 7.92. The summed E-state index contributed by atoms with van der Waals surface area (Å²) in [5.74, 6) is 0. The standard InChI is InChI=1S/C14H11ClO3S.C4H4ClF3O.C4H2ClF3O/c15-14(16)13(11-7-3-1-4-8-11)19(17,18)12-9-5-2-6-10-12;2*5-3(9)1-2-4(6,7)8/h1-10,13H;1-2H2;1-2H. The second-order valence-electron chi connectivity index (χ2n) is 6.60. The van der Waals surface area contributed by atoms with Crippen LogP contribution in [0.25, 0.3) is 0 Å². The van der Waals surface area contributed by atoms with Crippen LogP contribution in [0, 0.1) is 0 Å². The van der Waals surface area contributed by atoms with Crippen LogP contribution in [0.15, 0.2) is 77.7 Å². The zero-order valence-electron chi connectivity index (χ0n) is 18.3. The number of allylic oxidation sites excluding steroid dienone is 2. The molecule has 204 valence electrons. The lowest BCUT2D eigenvalue weighted by Crippen LogP contribution is -2.19. The predicted molar refractivity (Wildman–Crippen MR) is 126 cm³/mol. The predicted octanol–water partition coefficient (Wildman–Crippen LogP) is 6.93. The second kappa shape index (κ2) is 15.8. The molecular formula is C22H17Cl3F6O5S. The molecule has 0 aliphatic heterocycles. The van der Waals surface area contributed by atoms with Gasteiger partial charge in [0.25, 0.3) is 0 Å². The molecule has 0 amide bonds. The molecule has 15 heteroatoms. The smallest absolute Gasteiger partial charge is 0.281 e. The maximum atomic E-state index is 12.5. The summed E-state index contributed by atoms with van der Waals surface area (Å²) in [6.45, 7) is 0. The van der Waals surface area contributed by atoms with Crippen molar-refractivity contribution in [2.24, 2.45) is 0 Å². The van der Waals surface area contributed by atoms with Crippen molar-refractivity contribution in [3.05, 3.63) is 78.4 Å². The maximum Gasteiger partial charge on any atom is 0.409 e. The Morgan fingerprint density at radius 2 is 1.27 bits per heavy atom. The van der Waals surface area contributed by atoms with Crippen LogP contribution in [0.4, 0.5) is 26.3 Å². The van der Waals surface area contributed by atoms with Gasteiger partial charge in [-0.1, -0.05) is 48.5 Å². The highest BCUT2D eigenvalue weighted by Gasteiger charge is 2.34. The van der Waals surface area contributed by atoms with Crippen molar-refractivity contribution < 1.29 is 49.1 Å². The number of alkyl halides is 6. The lowest BCUT2D eigenvalue weighted by molar-refractivity contribution is -0.140. The number of rotatable bonds is 7. The number of halogens is 9. The van der Waals surface area contributed by atoms with Crippen molar-refractivity contribution in [1.29, 1.82) is 0 Å². The van der Waals surface area contributed by atoms with E-state index < -0.39 is 56.0 Å². The molecule has 0 aliphatic rings. The zero-order chi connectivity index (χ0) is 28.9. The summed E-state index contributed by atoms with van der Waals surface area (Å²) in [5.41, 5.74) is 0.367. The molecule has 2 rings (SSSR count). The lowest BCUT2D eigenvalue weighted by Gasteiger charge is -2.14. The normalized spacial score (nSPS) is 12.5. The van der Waals surface area contributed by atoms with Crippen LogP contribution in [-0.2, 0) is 24.2 Å². The number of sulfone groups is 1. The summed E-state index contributed by atoms with van der Waals surface area (Å²) in [5, 5.41) is -4.37. The molecule has 0 aliphatic carbocycles. The first-order chi connectivity index (χ1) is 16.9. The molecule has 0 bridgehead atoms. The highest BCUT2D eigenvalue weighted by atomic mass is 35.5. The van der Waals surface area contributed by atoms with Crippen LogP contribution in [-0.4, -0.2) is 36.5 Å². The van der Waals surface area contributed by atoms with Gasteiger partial charge in [0, 0.05) is 18.6 Å². The topological polar surface area (TPSA) is 85.3 Å². The fourth-order valence-electron chi connectivity index (χ4n) is 2.21. The molecule has 0 radical (unpaired) electrons. The van der Waals surface area contributed by atoms with Gasteiger partial charge in [-0.05, 0) is 52.5 Å². The Labute approximate surface area is 222 Å². The van der Waals surface area contributed by atoms with E-state index >= 15 is 0 Å². The first kappa shape index (κ1) is 34.6. The minimum Gasteiger partial charge on any atom is -0.281 e. The van der Waals surface area contributed by atoms with Crippen molar-refractivity contribution in [2.75, 3.05) is 0 Å². The van der Waals surface area contributed by atoms with E-state index in [0.29, 0.717) is 5.56 Å². The van der Waals surface area contributed by atoms with Crippen molar-refractivity contribution in [3.8, 4) is 0 Å². The van der Waals surface area contributed by atoms with Gasteiger partial charge in [-0.15, -0.1) is 0 Å². The van der Waals surface area contributed by atoms with Crippen LogP contribution in [0.2, 0.25) is 0 Å². The number of benzene rings is 2. The van der Waals surface area contributed by atoms with Gasteiger partial charge >= 0.3 is 12.4 Å². The Morgan fingerprint density at radius 3 is 1.57 bits per heavy atom. The molecular weight excluding hydrogens is 597 g/mol. The van der Waals surface area contributed by atoms with Crippen molar-refractivity contribution in [2.45, 2.75) is 35.3 Å². The van der Waals surface area contributed by atoms with E-state index in [4.69, 9.17) is 11.6 Å². The Kier molecular flexibility index (Phi) is 14.7. The third-order valence-electron chi connectivity index (χ3n) is 3.70. The average Bonchev–Trinajstić information content (AvgIpc) is 2.77. The Bertz CT molecular complexity index is 1150. The SMILES string of the molecule is O=C(Cl)C(c1ccccc1)S(=O)(=O)c1ccccc1.O=C(Cl)C=CC(F)(F)F.O=C(Cl)CCC(F)(F)F. The third kappa shape index (κ3) is 16.1. The van der Waals surface area contributed by atoms with Gasteiger partial charge in [0.1, 0.15) is 0 Å². The fourth-order valence-corrected chi connectivity index (χ4v) is 4.41. The van der Waals surface area contributed by atoms with Gasteiger partial charge < -0.3 is 0 Å². The van der Waals surface area contributed by atoms with Gasteiger partial charge in [0.05, 0.1) is 11.3 Å². The van der Waals surface area contributed by atoms with Crippen LogP contribution in [0.3, 0.4) is 0 Å². The molecule has 5 nitrogen and oxygen atoms in total. The van der Waals surface area contributed by atoms with Gasteiger partial charge in [-0.3, -0.25) is 14.4 Å². The third-order valence-corrected chi connectivity index (χ3v) is 6.40. The molecule has 2 aromatic rings. The van der Waals surface area contributed by atoms with E-state index in [9.17, 15) is 49.1 Å². The van der Waals surface area contributed by atoms with Crippen LogP contribution < -0.4 is 0 Å². The summed E-state index contributed by atoms with van der Waals surface area (Å²) in [7, 11) is -3.83. The van der Waals surface area contributed by atoms with Crippen molar-refractivity contribution in [1.82, 2.24) is 0 Å². The summed E-state index contributed by atoms with van der Waals surface area (Å²) in [4.78, 5) is 31.1. The van der Waals surface area contributed by atoms with Gasteiger partial charge in [-0.2, -0.15) is 26.3 Å². The Hall–Kier alpha value is -2.41. The largest absolute Gasteiger partial charge is 0.409 e. The van der Waals surface area contributed by atoms with Gasteiger partial charge in [-0.25, -0.2) is 8.42 Å². The van der Waals surface area contributed by atoms with Gasteiger partial charge in [0.15, 0.2) is 15.1 Å².